The Morgan fingerprint density at radius 2 is 2.10 bits per heavy atom. The fourth-order valence-corrected chi connectivity index (χ4v) is 4.76. The molecule has 156 valence electrons. The highest BCUT2D eigenvalue weighted by Gasteiger charge is 2.25. The lowest BCUT2D eigenvalue weighted by Gasteiger charge is -2.20. The molecule has 2 aromatic heterocycles. The van der Waals surface area contributed by atoms with Gasteiger partial charge in [-0.05, 0) is 51.7 Å². The summed E-state index contributed by atoms with van der Waals surface area (Å²) in [6.45, 7) is 8.24. The number of rotatable bonds is 7. The standard InChI is InChI=1S/C23H25N3O3S/c1-4-13-26(23-24-19-10-6-8-12-21(19)30-23)22(27)17-9-5-7-11-20(17)28-14-18-15(2)25-29-16(18)3/h4-5,7,9,11H,1,6,8,10,12-14H2,2-3H3. The first-order valence-electron chi connectivity index (χ1n) is 10.1. The molecule has 0 spiro atoms. The van der Waals surface area contributed by atoms with E-state index < -0.39 is 0 Å². The molecule has 1 aromatic carbocycles. The number of aryl methyl sites for hydroxylation is 4. The molecule has 0 saturated carbocycles. The predicted octanol–water partition coefficient (Wildman–Crippen LogP) is 5.04. The molecule has 0 unspecified atom stereocenters. The van der Waals surface area contributed by atoms with Crippen LogP contribution in [0.3, 0.4) is 0 Å². The van der Waals surface area contributed by atoms with Gasteiger partial charge < -0.3 is 9.26 Å². The summed E-state index contributed by atoms with van der Waals surface area (Å²) in [5, 5.41) is 4.69. The zero-order valence-corrected chi connectivity index (χ0v) is 18.1. The number of hydrogen-bond acceptors (Lipinski definition) is 6. The van der Waals surface area contributed by atoms with Crippen LogP contribution < -0.4 is 9.64 Å². The molecule has 1 amide bonds. The van der Waals surface area contributed by atoms with Crippen molar-refractivity contribution >= 4 is 22.4 Å². The molecule has 30 heavy (non-hydrogen) atoms. The molecule has 0 aliphatic heterocycles. The summed E-state index contributed by atoms with van der Waals surface area (Å²) in [6.07, 6.45) is 6.09. The molecule has 6 nitrogen and oxygen atoms in total. The van der Waals surface area contributed by atoms with Gasteiger partial charge in [-0.1, -0.05) is 23.4 Å². The number of benzene rings is 1. The fourth-order valence-electron chi connectivity index (χ4n) is 3.60. The van der Waals surface area contributed by atoms with E-state index in [0.29, 0.717) is 24.5 Å². The Balaban J connectivity index is 1.61. The molecular formula is C23H25N3O3S. The number of ether oxygens (including phenoxy) is 1. The van der Waals surface area contributed by atoms with Crippen molar-refractivity contribution in [2.75, 3.05) is 11.4 Å². The quantitative estimate of drug-likeness (QED) is 0.498. The van der Waals surface area contributed by atoms with E-state index in [2.05, 4.69) is 11.7 Å². The van der Waals surface area contributed by atoms with Crippen LogP contribution in [-0.2, 0) is 19.4 Å². The fraction of sp³-hybridized carbons (Fsp3) is 0.348. The van der Waals surface area contributed by atoms with Gasteiger partial charge in [0.15, 0.2) is 5.13 Å². The topological polar surface area (TPSA) is 68.5 Å². The molecule has 4 rings (SSSR count). The Labute approximate surface area is 180 Å². The second kappa shape index (κ2) is 8.83. The summed E-state index contributed by atoms with van der Waals surface area (Å²) in [4.78, 5) is 21.2. The van der Waals surface area contributed by atoms with E-state index in [-0.39, 0.29) is 5.91 Å². The highest BCUT2D eigenvalue weighted by molar-refractivity contribution is 7.16. The highest BCUT2D eigenvalue weighted by atomic mass is 32.1. The summed E-state index contributed by atoms with van der Waals surface area (Å²) >= 11 is 1.61. The van der Waals surface area contributed by atoms with Gasteiger partial charge in [0.2, 0.25) is 0 Å². The number of para-hydroxylation sites is 1. The van der Waals surface area contributed by atoms with Crippen LogP contribution in [0.4, 0.5) is 5.13 Å². The number of carbonyl (C=O) groups excluding carboxylic acids is 1. The van der Waals surface area contributed by atoms with Crippen molar-refractivity contribution in [1.82, 2.24) is 10.1 Å². The molecule has 3 aromatic rings. The molecule has 0 radical (unpaired) electrons. The van der Waals surface area contributed by atoms with Crippen LogP contribution in [0.15, 0.2) is 41.4 Å². The molecule has 0 fully saturated rings. The Kier molecular flexibility index (Phi) is 5.99. The third-order valence-corrected chi connectivity index (χ3v) is 6.47. The molecule has 0 N–H and O–H groups in total. The molecular weight excluding hydrogens is 398 g/mol. The first-order chi connectivity index (χ1) is 14.6. The highest BCUT2D eigenvalue weighted by Crippen LogP contribution is 2.33. The first kappa shape index (κ1) is 20.3. The van der Waals surface area contributed by atoms with Crippen LogP contribution in [0.1, 0.15) is 50.8 Å². The number of nitrogens with zero attached hydrogens (tertiary/aromatic N) is 3. The molecule has 0 bridgehead atoms. The van der Waals surface area contributed by atoms with E-state index in [1.165, 1.54) is 11.3 Å². The van der Waals surface area contributed by atoms with Crippen molar-refractivity contribution in [3.63, 3.8) is 0 Å². The molecule has 0 atom stereocenters. The lowest BCUT2D eigenvalue weighted by atomic mass is 10.0. The van der Waals surface area contributed by atoms with Crippen molar-refractivity contribution in [1.29, 1.82) is 0 Å². The van der Waals surface area contributed by atoms with Gasteiger partial charge in [0, 0.05) is 11.4 Å². The molecule has 1 aliphatic rings. The van der Waals surface area contributed by atoms with Crippen molar-refractivity contribution < 1.29 is 14.1 Å². The normalized spacial score (nSPS) is 13.0. The summed E-state index contributed by atoms with van der Waals surface area (Å²) in [5.74, 6) is 1.10. The van der Waals surface area contributed by atoms with Gasteiger partial charge in [0.25, 0.3) is 5.91 Å². The number of carbonyl (C=O) groups is 1. The smallest absolute Gasteiger partial charge is 0.264 e. The lowest BCUT2D eigenvalue weighted by Crippen LogP contribution is -2.31. The summed E-state index contributed by atoms with van der Waals surface area (Å²) in [5.41, 5.74) is 3.32. The number of hydrogen-bond donors (Lipinski definition) is 0. The van der Waals surface area contributed by atoms with Crippen molar-refractivity contribution in [3.8, 4) is 5.75 Å². The van der Waals surface area contributed by atoms with Crippen LogP contribution in [0.25, 0.3) is 0 Å². The maximum Gasteiger partial charge on any atom is 0.264 e. The second-order valence-electron chi connectivity index (χ2n) is 7.37. The molecule has 1 aliphatic carbocycles. The van der Waals surface area contributed by atoms with Gasteiger partial charge in [0.05, 0.1) is 22.5 Å². The molecule has 0 saturated heterocycles. The third-order valence-electron chi connectivity index (χ3n) is 5.29. The third kappa shape index (κ3) is 4.03. The Morgan fingerprint density at radius 3 is 2.83 bits per heavy atom. The maximum absolute atomic E-state index is 13.5. The number of amides is 1. The monoisotopic (exact) mass is 423 g/mol. The number of thiazole rings is 1. The Morgan fingerprint density at radius 1 is 1.30 bits per heavy atom. The SMILES string of the molecule is C=CCN(C(=O)c1ccccc1OCc1c(C)noc1C)c1nc2c(s1)CCCC2. The van der Waals surface area contributed by atoms with Crippen LogP contribution in [0.5, 0.6) is 5.75 Å². The average molecular weight is 424 g/mol. The summed E-state index contributed by atoms with van der Waals surface area (Å²) < 4.78 is 11.2. The van der Waals surface area contributed by atoms with E-state index in [1.54, 1.807) is 28.4 Å². The van der Waals surface area contributed by atoms with E-state index in [4.69, 9.17) is 14.2 Å². The zero-order chi connectivity index (χ0) is 21.1. The minimum atomic E-state index is -0.143. The van der Waals surface area contributed by atoms with E-state index in [1.807, 2.05) is 32.0 Å². The van der Waals surface area contributed by atoms with Crippen molar-refractivity contribution in [2.45, 2.75) is 46.1 Å². The van der Waals surface area contributed by atoms with Crippen LogP contribution in [-0.4, -0.2) is 22.6 Å². The Bertz CT molecular complexity index is 1030. The van der Waals surface area contributed by atoms with Gasteiger partial charge in [-0.15, -0.1) is 17.9 Å². The number of anilines is 1. The van der Waals surface area contributed by atoms with Gasteiger partial charge in [-0.3, -0.25) is 9.69 Å². The maximum atomic E-state index is 13.5. The van der Waals surface area contributed by atoms with E-state index >= 15 is 0 Å². The minimum Gasteiger partial charge on any atom is -0.488 e. The van der Waals surface area contributed by atoms with E-state index in [9.17, 15) is 4.79 Å². The summed E-state index contributed by atoms with van der Waals surface area (Å²) in [6, 6.07) is 7.30. The van der Waals surface area contributed by atoms with Gasteiger partial charge >= 0.3 is 0 Å². The number of aromatic nitrogens is 2. The van der Waals surface area contributed by atoms with Crippen molar-refractivity contribution in [3.05, 3.63) is 70.1 Å². The minimum absolute atomic E-state index is 0.143. The second-order valence-corrected chi connectivity index (χ2v) is 8.43. The van der Waals surface area contributed by atoms with Crippen LogP contribution in [0.2, 0.25) is 0 Å². The Hall–Kier alpha value is -2.93. The molecule has 2 heterocycles. The zero-order valence-electron chi connectivity index (χ0n) is 17.3. The first-order valence-corrected chi connectivity index (χ1v) is 10.9. The van der Waals surface area contributed by atoms with Gasteiger partial charge in [-0.25, -0.2) is 4.98 Å². The van der Waals surface area contributed by atoms with Crippen LogP contribution in [0, 0.1) is 13.8 Å². The predicted molar refractivity (Wildman–Crippen MR) is 117 cm³/mol. The lowest BCUT2D eigenvalue weighted by molar-refractivity contribution is 0.0985. The van der Waals surface area contributed by atoms with Gasteiger partial charge in [-0.2, -0.15) is 0 Å². The summed E-state index contributed by atoms with van der Waals surface area (Å²) in [7, 11) is 0. The van der Waals surface area contributed by atoms with Crippen LogP contribution >= 0.6 is 11.3 Å². The van der Waals surface area contributed by atoms with Crippen molar-refractivity contribution in [2.24, 2.45) is 0 Å². The average Bonchev–Trinajstić information content (AvgIpc) is 3.33. The molecule has 7 heteroatoms. The van der Waals surface area contributed by atoms with E-state index in [0.717, 1.165) is 47.1 Å². The van der Waals surface area contributed by atoms with Gasteiger partial charge in [0.1, 0.15) is 18.1 Å². The largest absolute Gasteiger partial charge is 0.488 e. The number of fused-ring (bicyclic) bond motifs is 1.